The van der Waals surface area contributed by atoms with E-state index in [0.717, 1.165) is 25.5 Å². The van der Waals surface area contributed by atoms with Crippen molar-refractivity contribution in [2.45, 2.75) is 51.0 Å². The highest BCUT2D eigenvalue weighted by Crippen LogP contribution is 2.38. The molecule has 1 fully saturated rings. The predicted octanol–water partition coefficient (Wildman–Crippen LogP) is 4.30. The van der Waals surface area contributed by atoms with E-state index in [4.69, 9.17) is 11.6 Å². The lowest BCUT2D eigenvalue weighted by Crippen LogP contribution is -2.41. The number of nitrogens with one attached hydrogen (secondary N) is 2. The van der Waals surface area contributed by atoms with Crippen LogP contribution in [-0.2, 0) is 26.0 Å². The summed E-state index contributed by atoms with van der Waals surface area (Å²) in [5, 5.41) is 3.33. The van der Waals surface area contributed by atoms with Crippen LogP contribution < -0.4 is 10.0 Å². The zero-order chi connectivity index (χ0) is 23.3. The number of benzene rings is 2. The lowest BCUT2D eigenvalue weighted by atomic mass is 9.96. The van der Waals surface area contributed by atoms with Gasteiger partial charge in [0.15, 0.2) is 5.78 Å². The SMILES string of the molecule is C[C@H](NC(=O)[C@@H]1CC[C@@H](c2ccccc2)C1)C(=O)CCc1cc(Cl)ccc1NS(C)(=O)=O. The molecule has 0 heterocycles. The summed E-state index contributed by atoms with van der Waals surface area (Å²) in [7, 11) is -3.45. The Balaban J connectivity index is 1.53. The number of amides is 1. The van der Waals surface area contributed by atoms with E-state index in [1.807, 2.05) is 18.2 Å². The average molecular weight is 477 g/mol. The van der Waals surface area contributed by atoms with Crippen LogP contribution in [0, 0.1) is 5.92 Å². The second-order valence-corrected chi connectivity index (χ2v) is 10.7. The number of hydrogen-bond acceptors (Lipinski definition) is 4. The first-order chi connectivity index (χ1) is 15.1. The Bertz CT molecular complexity index is 1070. The first-order valence-electron chi connectivity index (χ1n) is 10.8. The molecule has 32 heavy (non-hydrogen) atoms. The largest absolute Gasteiger partial charge is 0.346 e. The first-order valence-corrected chi connectivity index (χ1v) is 13.0. The number of halogens is 1. The quantitative estimate of drug-likeness (QED) is 0.564. The normalized spacial score (nSPS) is 19.3. The molecule has 1 aliphatic carbocycles. The van der Waals surface area contributed by atoms with Gasteiger partial charge in [-0.2, -0.15) is 0 Å². The summed E-state index contributed by atoms with van der Waals surface area (Å²) in [6.45, 7) is 1.69. The van der Waals surface area contributed by atoms with Gasteiger partial charge < -0.3 is 5.32 Å². The molecule has 3 rings (SSSR count). The Morgan fingerprint density at radius 3 is 2.53 bits per heavy atom. The molecule has 0 spiro atoms. The van der Waals surface area contributed by atoms with Crippen LogP contribution in [0.1, 0.15) is 49.7 Å². The maximum Gasteiger partial charge on any atom is 0.229 e. The van der Waals surface area contributed by atoms with Gasteiger partial charge in [0.05, 0.1) is 18.0 Å². The van der Waals surface area contributed by atoms with E-state index >= 15 is 0 Å². The van der Waals surface area contributed by atoms with E-state index in [9.17, 15) is 18.0 Å². The van der Waals surface area contributed by atoms with E-state index in [1.165, 1.54) is 5.56 Å². The highest BCUT2D eigenvalue weighted by atomic mass is 35.5. The standard InChI is InChI=1S/C24H29ClN2O4S/c1-16(26-24(29)20-9-8-18(14-20)17-6-4-3-5-7-17)23(28)13-10-19-15-21(25)11-12-22(19)27-32(2,30)31/h3-7,11-12,15-16,18,20,27H,8-10,13-14H2,1-2H3,(H,26,29)/t16-,18+,20+/m0/s1. The number of anilines is 1. The topological polar surface area (TPSA) is 92.3 Å². The molecule has 6 nitrogen and oxygen atoms in total. The second-order valence-electron chi connectivity index (χ2n) is 8.49. The first kappa shape index (κ1) is 24.3. The Hall–Kier alpha value is -2.38. The Morgan fingerprint density at radius 2 is 1.84 bits per heavy atom. The minimum absolute atomic E-state index is 0.0773. The van der Waals surface area contributed by atoms with E-state index in [2.05, 4.69) is 22.2 Å². The van der Waals surface area contributed by atoms with Crippen LogP contribution in [0.25, 0.3) is 0 Å². The summed E-state index contributed by atoms with van der Waals surface area (Å²) in [4.78, 5) is 25.4. The van der Waals surface area contributed by atoms with Crippen molar-refractivity contribution in [2.24, 2.45) is 5.92 Å². The van der Waals surface area contributed by atoms with Crippen molar-refractivity contribution < 1.29 is 18.0 Å². The lowest BCUT2D eigenvalue weighted by molar-refractivity contribution is -0.129. The number of aryl methyl sites for hydroxylation is 1. The molecule has 2 N–H and O–H groups in total. The van der Waals surface area contributed by atoms with Gasteiger partial charge in [-0.05, 0) is 67.9 Å². The second kappa shape index (κ2) is 10.5. The van der Waals surface area contributed by atoms with Gasteiger partial charge in [-0.1, -0.05) is 41.9 Å². The summed E-state index contributed by atoms with van der Waals surface area (Å²) < 4.78 is 25.6. The summed E-state index contributed by atoms with van der Waals surface area (Å²) in [6, 6.07) is 14.4. The minimum atomic E-state index is -3.45. The molecule has 1 amide bonds. The van der Waals surface area contributed by atoms with Crippen molar-refractivity contribution in [3.8, 4) is 0 Å². The molecule has 2 aromatic rings. The van der Waals surface area contributed by atoms with Crippen molar-refractivity contribution >= 4 is 39.0 Å². The number of carbonyl (C=O) groups excluding carboxylic acids is 2. The van der Waals surface area contributed by atoms with E-state index in [1.54, 1.807) is 25.1 Å². The minimum Gasteiger partial charge on any atom is -0.346 e. The molecule has 0 aromatic heterocycles. The molecular formula is C24H29ClN2O4S. The number of sulfonamides is 1. The van der Waals surface area contributed by atoms with Crippen LogP contribution in [0.15, 0.2) is 48.5 Å². The highest BCUT2D eigenvalue weighted by molar-refractivity contribution is 7.92. The van der Waals surface area contributed by atoms with Crippen LogP contribution in [0.4, 0.5) is 5.69 Å². The number of rotatable bonds is 9. The maximum absolute atomic E-state index is 12.7. The smallest absolute Gasteiger partial charge is 0.229 e. The van der Waals surface area contributed by atoms with Gasteiger partial charge in [-0.15, -0.1) is 0 Å². The molecule has 0 bridgehead atoms. The molecular weight excluding hydrogens is 448 g/mol. The fourth-order valence-corrected chi connectivity index (χ4v) is 5.00. The van der Waals surface area contributed by atoms with Gasteiger partial charge in [0.1, 0.15) is 0 Å². The zero-order valence-corrected chi connectivity index (χ0v) is 19.9. The third kappa shape index (κ3) is 6.81. The molecule has 1 saturated carbocycles. The maximum atomic E-state index is 12.7. The predicted molar refractivity (Wildman–Crippen MR) is 127 cm³/mol. The Kier molecular flexibility index (Phi) is 7.96. The van der Waals surface area contributed by atoms with Crippen molar-refractivity contribution in [3.63, 3.8) is 0 Å². The third-order valence-corrected chi connectivity index (χ3v) is 6.75. The van der Waals surface area contributed by atoms with Crippen molar-refractivity contribution in [1.29, 1.82) is 0 Å². The van der Waals surface area contributed by atoms with E-state index < -0.39 is 16.1 Å². The Labute approximate surface area is 194 Å². The fourth-order valence-electron chi connectivity index (χ4n) is 4.20. The molecule has 0 radical (unpaired) electrons. The van der Waals surface area contributed by atoms with Gasteiger partial charge in [0, 0.05) is 17.4 Å². The fraction of sp³-hybridized carbons (Fsp3) is 0.417. The van der Waals surface area contributed by atoms with Gasteiger partial charge >= 0.3 is 0 Å². The summed E-state index contributed by atoms with van der Waals surface area (Å²) >= 11 is 6.04. The van der Waals surface area contributed by atoms with Gasteiger partial charge in [-0.25, -0.2) is 8.42 Å². The van der Waals surface area contributed by atoms with Crippen molar-refractivity contribution in [1.82, 2.24) is 5.32 Å². The molecule has 0 aliphatic heterocycles. The van der Waals surface area contributed by atoms with Crippen LogP contribution in [0.2, 0.25) is 5.02 Å². The van der Waals surface area contributed by atoms with Crippen molar-refractivity contribution in [3.05, 3.63) is 64.7 Å². The van der Waals surface area contributed by atoms with Crippen LogP contribution >= 0.6 is 11.6 Å². The third-order valence-electron chi connectivity index (χ3n) is 5.92. The molecule has 2 aromatic carbocycles. The van der Waals surface area contributed by atoms with Gasteiger partial charge in [0.2, 0.25) is 15.9 Å². The van der Waals surface area contributed by atoms with Crippen LogP contribution in [0.3, 0.4) is 0 Å². The van der Waals surface area contributed by atoms with Crippen molar-refractivity contribution in [2.75, 3.05) is 11.0 Å². The molecule has 0 saturated heterocycles. The molecule has 172 valence electrons. The number of hydrogen-bond donors (Lipinski definition) is 2. The van der Waals surface area contributed by atoms with Crippen LogP contribution in [-0.4, -0.2) is 32.4 Å². The molecule has 8 heteroatoms. The Morgan fingerprint density at radius 1 is 1.12 bits per heavy atom. The lowest BCUT2D eigenvalue weighted by Gasteiger charge is -2.17. The summed E-state index contributed by atoms with van der Waals surface area (Å²) in [5.41, 5.74) is 2.29. The molecule has 0 unspecified atom stereocenters. The summed E-state index contributed by atoms with van der Waals surface area (Å²) in [6.07, 6.45) is 4.12. The van der Waals surface area contributed by atoms with E-state index in [-0.39, 0.29) is 24.0 Å². The highest BCUT2D eigenvalue weighted by Gasteiger charge is 2.31. The van der Waals surface area contributed by atoms with E-state index in [0.29, 0.717) is 28.6 Å². The zero-order valence-electron chi connectivity index (χ0n) is 18.3. The molecule has 3 atom stereocenters. The summed E-state index contributed by atoms with van der Waals surface area (Å²) in [5.74, 6) is 0.100. The monoisotopic (exact) mass is 476 g/mol. The average Bonchev–Trinajstić information content (AvgIpc) is 3.24. The number of ketones is 1. The van der Waals surface area contributed by atoms with Gasteiger partial charge in [-0.3, -0.25) is 14.3 Å². The van der Waals surface area contributed by atoms with Gasteiger partial charge in [0.25, 0.3) is 0 Å². The van der Waals surface area contributed by atoms with Crippen LogP contribution in [0.5, 0.6) is 0 Å². The number of carbonyl (C=O) groups is 2. The number of Topliss-reactive ketones (excluding diaryl/α,β-unsaturated/α-hetero) is 1. The molecule has 1 aliphatic rings.